The molecule has 0 aromatic heterocycles. The smallest absolute Gasteiger partial charge is 0.341 e. The van der Waals surface area contributed by atoms with Gasteiger partial charge >= 0.3 is 5.97 Å². The van der Waals surface area contributed by atoms with Crippen LogP contribution < -0.4 is 4.74 Å². The molecular formula is C27H23ClFNO4. The molecule has 3 atom stereocenters. The number of carbonyl (C=O) groups is 2. The minimum Gasteiger partial charge on any atom is -0.482 e. The predicted molar refractivity (Wildman–Crippen MR) is 126 cm³/mol. The maximum Gasteiger partial charge on any atom is 0.341 e. The van der Waals surface area contributed by atoms with Gasteiger partial charge in [-0.1, -0.05) is 48.0 Å². The first kappa shape index (κ1) is 22.4. The molecule has 34 heavy (non-hydrogen) atoms. The van der Waals surface area contributed by atoms with Crippen LogP contribution in [0.3, 0.4) is 0 Å². The second-order valence-electron chi connectivity index (χ2n) is 8.75. The molecule has 3 aromatic carbocycles. The molecule has 2 aliphatic rings. The van der Waals surface area contributed by atoms with Crippen LogP contribution in [0, 0.1) is 11.7 Å². The van der Waals surface area contributed by atoms with Crippen LogP contribution in [-0.4, -0.2) is 35.0 Å². The zero-order chi connectivity index (χ0) is 23.8. The fraction of sp³-hybridized carbons (Fsp3) is 0.259. The highest BCUT2D eigenvalue weighted by molar-refractivity contribution is 6.30. The Morgan fingerprint density at radius 2 is 1.88 bits per heavy atom. The Kier molecular flexibility index (Phi) is 6.00. The summed E-state index contributed by atoms with van der Waals surface area (Å²) in [5.41, 5.74) is 3.57. The maximum atomic E-state index is 13.7. The molecule has 2 unspecified atom stereocenters. The van der Waals surface area contributed by atoms with Gasteiger partial charge in [-0.05, 0) is 65.8 Å². The number of rotatable bonds is 6. The van der Waals surface area contributed by atoms with Gasteiger partial charge in [0.1, 0.15) is 11.6 Å². The average Bonchev–Trinajstić information content (AvgIpc) is 3.63. The van der Waals surface area contributed by atoms with Gasteiger partial charge in [0.05, 0.1) is 6.04 Å². The van der Waals surface area contributed by atoms with Crippen molar-refractivity contribution in [2.45, 2.75) is 24.8 Å². The maximum absolute atomic E-state index is 13.7. The van der Waals surface area contributed by atoms with Crippen LogP contribution in [0.25, 0.3) is 0 Å². The zero-order valence-electron chi connectivity index (χ0n) is 18.3. The van der Waals surface area contributed by atoms with Crippen LogP contribution in [0.5, 0.6) is 5.75 Å². The monoisotopic (exact) mass is 479 g/mol. The van der Waals surface area contributed by atoms with E-state index in [-0.39, 0.29) is 23.6 Å². The third kappa shape index (κ3) is 4.38. The van der Waals surface area contributed by atoms with Gasteiger partial charge in [-0.3, -0.25) is 4.79 Å². The van der Waals surface area contributed by atoms with Crippen LogP contribution in [0.2, 0.25) is 5.02 Å². The van der Waals surface area contributed by atoms with Crippen molar-refractivity contribution in [3.63, 3.8) is 0 Å². The second kappa shape index (κ2) is 9.11. The van der Waals surface area contributed by atoms with E-state index in [1.807, 2.05) is 35.2 Å². The van der Waals surface area contributed by atoms with Gasteiger partial charge in [0, 0.05) is 23.0 Å². The minimum atomic E-state index is -1.09. The molecule has 1 N–H and O–H groups in total. The van der Waals surface area contributed by atoms with E-state index in [1.165, 1.54) is 12.1 Å². The minimum absolute atomic E-state index is 0.00192. The number of amides is 1. The summed E-state index contributed by atoms with van der Waals surface area (Å²) in [6, 6.07) is 18.9. The van der Waals surface area contributed by atoms with Crippen molar-refractivity contribution in [1.29, 1.82) is 0 Å². The van der Waals surface area contributed by atoms with Crippen LogP contribution in [-0.2, 0) is 16.0 Å². The van der Waals surface area contributed by atoms with Gasteiger partial charge in [0.15, 0.2) is 6.61 Å². The van der Waals surface area contributed by atoms with E-state index in [9.17, 15) is 14.0 Å². The third-order valence-electron chi connectivity index (χ3n) is 6.57. The van der Waals surface area contributed by atoms with Gasteiger partial charge < -0.3 is 14.7 Å². The number of ether oxygens (including phenoxy) is 1. The number of fused-ring (bicyclic) bond motifs is 1. The van der Waals surface area contributed by atoms with Gasteiger partial charge in [-0.2, -0.15) is 0 Å². The number of carboxylic acids is 1. The molecule has 1 fully saturated rings. The Labute approximate surface area is 201 Å². The SMILES string of the molecule is O=C(O)COc1ccc(Cl)cc1[C@@H]1c2ccccc2CCN1C(=O)C1CC1c1cccc(F)c1. The van der Waals surface area contributed by atoms with Crippen molar-refractivity contribution >= 4 is 23.5 Å². The number of hydrogen-bond acceptors (Lipinski definition) is 3. The van der Waals surface area contributed by atoms with Crippen molar-refractivity contribution in [2.75, 3.05) is 13.2 Å². The van der Waals surface area contributed by atoms with E-state index < -0.39 is 18.6 Å². The summed E-state index contributed by atoms with van der Waals surface area (Å²) in [5, 5.41) is 9.59. The first-order valence-corrected chi connectivity index (χ1v) is 11.6. The van der Waals surface area contributed by atoms with Crippen molar-refractivity contribution in [3.8, 4) is 5.75 Å². The summed E-state index contributed by atoms with van der Waals surface area (Å²) in [7, 11) is 0. The molecule has 1 aliphatic heterocycles. The molecule has 1 aliphatic carbocycles. The van der Waals surface area contributed by atoms with Crippen LogP contribution in [0.1, 0.15) is 40.6 Å². The van der Waals surface area contributed by atoms with Crippen LogP contribution >= 0.6 is 11.6 Å². The van der Waals surface area contributed by atoms with Crippen LogP contribution in [0.4, 0.5) is 4.39 Å². The molecule has 5 rings (SSSR count). The number of carboxylic acid groups (broad SMARTS) is 1. The highest BCUT2D eigenvalue weighted by Crippen LogP contribution is 2.51. The average molecular weight is 480 g/mol. The lowest BCUT2D eigenvalue weighted by molar-refractivity contribution is -0.139. The van der Waals surface area contributed by atoms with E-state index >= 15 is 0 Å². The molecule has 1 saturated carbocycles. The molecule has 3 aromatic rings. The van der Waals surface area contributed by atoms with E-state index in [1.54, 1.807) is 24.3 Å². The Bertz CT molecular complexity index is 1260. The molecule has 1 heterocycles. The Morgan fingerprint density at radius 1 is 1.06 bits per heavy atom. The highest BCUT2D eigenvalue weighted by atomic mass is 35.5. The quantitative estimate of drug-likeness (QED) is 0.526. The van der Waals surface area contributed by atoms with Gasteiger partial charge in [-0.15, -0.1) is 0 Å². The van der Waals surface area contributed by atoms with E-state index in [0.717, 1.165) is 16.7 Å². The first-order valence-electron chi connectivity index (χ1n) is 11.2. The van der Waals surface area contributed by atoms with Crippen LogP contribution in [0.15, 0.2) is 66.7 Å². The predicted octanol–water partition coefficient (Wildman–Crippen LogP) is 5.22. The van der Waals surface area contributed by atoms with Gasteiger partial charge in [0.25, 0.3) is 0 Å². The zero-order valence-corrected chi connectivity index (χ0v) is 19.0. The molecule has 0 radical (unpaired) electrons. The highest BCUT2D eigenvalue weighted by Gasteiger charge is 2.48. The standard InChI is InChI=1S/C27H23ClFNO4/c28-18-8-9-24(34-15-25(31)32)23(13-18)26-20-7-2-1-4-16(20)10-11-30(26)27(33)22-14-21(22)17-5-3-6-19(29)12-17/h1-9,12-13,21-22,26H,10-11,14-15H2,(H,31,32)/t21?,22?,26-/m0/s1. The first-order chi connectivity index (χ1) is 16.4. The van der Waals surface area contributed by atoms with Gasteiger partial charge in [-0.25, -0.2) is 9.18 Å². The molecule has 0 bridgehead atoms. The van der Waals surface area contributed by atoms with E-state index in [4.69, 9.17) is 21.4 Å². The number of carbonyl (C=O) groups excluding carboxylic acids is 1. The Morgan fingerprint density at radius 3 is 2.68 bits per heavy atom. The Hall–Kier alpha value is -3.38. The summed E-state index contributed by atoms with van der Waals surface area (Å²) in [4.78, 5) is 26.7. The van der Waals surface area contributed by atoms with Crippen molar-refractivity contribution < 1.29 is 23.8 Å². The summed E-state index contributed by atoms with van der Waals surface area (Å²) in [5.74, 6) is -1.25. The summed E-state index contributed by atoms with van der Waals surface area (Å²) >= 11 is 6.34. The fourth-order valence-electron chi connectivity index (χ4n) is 4.93. The molecule has 5 nitrogen and oxygen atoms in total. The molecule has 1 amide bonds. The fourth-order valence-corrected chi connectivity index (χ4v) is 5.11. The Balaban J connectivity index is 1.52. The van der Waals surface area contributed by atoms with Gasteiger partial charge in [0.2, 0.25) is 5.91 Å². The summed E-state index contributed by atoms with van der Waals surface area (Å²) in [6.45, 7) is 0.0129. The lowest BCUT2D eigenvalue weighted by Gasteiger charge is -2.38. The van der Waals surface area contributed by atoms with Crippen molar-refractivity contribution in [1.82, 2.24) is 4.90 Å². The lowest BCUT2D eigenvalue weighted by atomic mass is 9.87. The molecule has 7 heteroatoms. The number of halogens is 2. The third-order valence-corrected chi connectivity index (χ3v) is 6.80. The number of aliphatic carboxylic acids is 1. The van der Waals surface area contributed by atoms with Crippen molar-refractivity contribution in [2.24, 2.45) is 5.92 Å². The molecular weight excluding hydrogens is 457 g/mol. The van der Waals surface area contributed by atoms with E-state index in [0.29, 0.717) is 35.7 Å². The normalized spacial score (nSPS) is 21.0. The topological polar surface area (TPSA) is 66.8 Å². The number of hydrogen-bond donors (Lipinski definition) is 1. The van der Waals surface area contributed by atoms with Crippen molar-refractivity contribution in [3.05, 3.63) is 99.8 Å². The molecule has 0 spiro atoms. The number of nitrogens with zero attached hydrogens (tertiary/aromatic N) is 1. The summed E-state index contributed by atoms with van der Waals surface area (Å²) < 4.78 is 19.3. The largest absolute Gasteiger partial charge is 0.482 e. The lowest BCUT2D eigenvalue weighted by Crippen LogP contribution is -2.41. The summed E-state index contributed by atoms with van der Waals surface area (Å²) in [6.07, 6.45) is 1.38. The second-order valence-corrected chi connectivity index (χ2v) is 9.19. The van der Waals surface area contributed by atoms with E-state index in [2.05, 4.69) is 0 Å². The molecule has 0 saturated heterocycles. The number of benzene rings is 3. The molecule has 174 valence electrons.